The summed E-state index contributed by atoms with van der Waals surface area (Å²) in [5, 5.41) is 12.1. The number of halogens is 1. The highest BCUT2D eigenvalue weighted by molar-refractivity contribution is 5.97. The monoisotopic (exact) mass is 342 g/mol. The predicted octanol–water partition coefficient (Wildman–Crippen LogP) is 3.29. The molecule has 0 saturated carbocycles. The molecule has 2 aliphatic rings. The van der Waals surface area contributed by atoms with Crippen LogP contribution in [0.25, 0.3) is 0 Å². The van der Waals surface area contributed by atoms with Crippen molar-refractivity contribution in [3.05, 3.63) is 59.4 Å². The van der Waals surface area contributed by atoms with Gasteiger partial charge in [0, 0.05) is 18.1 Å². The second-order valence-electron chi connectivity index (χ2n) is 6.36. The van der Waals surface area contributed by atoms with Crippen molar-refractivity contribution in [3.63, 3.8) is 0 Å². The third-order valence-corrected chi connectivity index (χ3v) is 4.59. The Labute approximate surface area is 142 Å². The second kappa shape index (κ2) is 5.20. The first kappa shape index (κ1) is 15.4. The Balaban J connectivity index is 1.80. The number of fused-ring (bicyclic) bond motifs is 4. The molecule has 25 heavy (non-hydrogen) atoms. The minimum absolute atomic E-state index is 0.0678. The third-order valence-electron chi connectivity index (χ3n) is 4.59. The van der Waals surface area contributed by atoms with Gasteiger partial charge in [-0.3, -0.25) is 4.90 Å². The molecule has 2 unspecified atom stereocenters. The average Bonchev–Trinajstić information content (AvgIpc) is 2.53. The van der Waals surface area contributed by atoms with E-state index in [1.807, 2.05) is 0 Å². The Morgan fingerprint density at radius 1 is 1.36 bits per heavy atom. The van der Waals surface area contributed by atoms with Crippen LogP contribution in [0.1, 0.15) is 35.3 Å². The molecule has 0 aromatic heterocycles. The highest BCUT2D eigenvalue weighted by Crippen LogP contribution is 2.45. The van der Waals surface area contributed by atoms with E-state index < -0.39 is 23.5 Å². The lowest BCUT2D eigenvalue weighted by Gasteiger charge is -2.50. The van der Waals surface area contributed by atoms with E-state index in [1.165, 1.54) is 29.2 Å². The number of carbonyl (C=O) groups is 2. The van der Waals surface area contributed by atoms with E-state index in [1.54, 1.807) is 25.1 Å². The first-order valence-corrected chi connectivity index (χ1v) is 7.80. The lowest BCUT2D eigenvalue weighted by atomic mass is 9.90. The van der Waals surface area contributed by atoms with Gasteiger partial charge >= 0.3 is 12.0 Å². The molecule has 2 N–H and O–H groups in total. The van der Waals surface area contributed by atoms with Crippen LogP contribution in [-0.2, 0) is 0 Å². The van der Waals surface area contributed by atoms with Crippen LogP contribution < -0.4 is 15.0 Å². The number of carboxylic acids is 1. The number of nitrogens with one attached hydrogen (secondary N) is 1. The zero-order chi connectivity index (χ0) is 17.8. The number of urea groups is 1. The number of aromatic carboxylic acids is 1. The molecule has 2 heterocycles. The van der Waals surface area contributed by atoms with E-state index >= 15 is 0 Å². The third kappa shape index (κ3) is 2.39. The van der Waals surface area contributed by atoms with Crippen LogP contribution in [-0.4, -0.2) is 22.8 Å². The lowest BCUT2D eigenvalue weighted by molar-refractivity contribution is 0.0374. The van der Waals surface area contributed by atoms with Gasteiger partial charge in [-0.25, -0.2) is 14.0 Å². The molecule has 0 radical (unpaired) electrons. The summed E-state index contributed by atoms with van der Waals surface area (Å²) < 4.78 is 19.6. The molecule has 1 fully saturated rings. The van der Waals surface area contributed by atoms with Crippen LogP contribution in [0, 0.1) is 5.82 Å². The van der Waals surface area contributed by atoms with Crippen molar-refractivity contribution in [1.82, 2.24) is 5.32 Å². The molecule has 2 bridgehead atoms. The molecule has 2 aliphatic heterocycles. The van der Waals surface area contributed by atoms with Gasteiger partial charge < -0.3 is 15.2 Å². The van der Waals surface area contributed by atoms with Crippen LogP contribution in [0.5, 0.6) is 5.75 Å². The number of nitrogens with zero attached hydrogens (tertiary/aromatic N) is 1. The number of hydrogen-bond acceptors (Lipinski definition) is 3. The Hall–Kier alpha value is -3.09. The van der Waals surface area contributed by atoms with Crippen LogP contribution in [0.4, 0.5) is 14.9 Å². The minimum Gasteiger partial charge on any atom is -0.478 e. The maximum absolute atomic E-state index is 13.6. The van der Waals surface area contributed by atoms with Gasteiger partial charge in [0.15, 0.2) is 5.72 Å². The number of carbonyl (C=O) groups excluding carboxylic acids is 1. The summed E-state index contributed by atoms with van der Waals surface area (Å²) in [5.74, 6) is -1.13. The van der Waals surface area contributed by atoms with Crippen LogP contribution in [0.15, 0.2) is 42.5 Å². The quantitative estimate of drug-likeness (QED) is 0.878. The van der Waals surface area contributed by atoms with E-state index in [-0.39, 0.29) is 11.6 Å². The SMILES string of the molecule is CC12CC(NC(=O)N1c1cccc(C(=O)O)c1)c1ccc(F)cc1O2. The van der Waals surface area contributed by atoms with Crippen LogP contribution in [0.3, 0.4) is 0 Å². The van der Waals surface area contributed by atoms with E-state index in [2.05, 4.69) is 5.32 Å². The van der Waals surface area contributed by atoms with Crippen molar-refractivity contribution in [1.29, 1.82) is 0 Å². The number of rotatable bonds is 2. The highest BCUT2D eigenvalue weighted by Gasteiger charge is 2.50. The Bertz CT molecular complexity index is 900. The molecule has 2 aromatic carbocycles. The molecular weight excluding hydrogens is 327 g/mol. The summed E-state index contributed by atoms with van der Waals surface area (Å²) in [7, 11) is 0. The van der Waals surface area contributed by atoms with E-state index in [4.69, 9.17) is 4.74 Å². The van der Waals surface area contributed by atoms with E-state index in [0.29, 0.717) is 17.9 Å². The Morgan fingerprint density at radius 3 is 2.92 bits per heavy atom. The standard InChI is InChI=1S/C18H15FN2O4/c1-18-9-14(13-6-5-11(19)8-15(13)25-18)20-17(24)21(18)12-4-2-3-10(7-12)16(22)23/h2-8,14H,9H2,1H3,(H,20,24)(H,22,23). The van der Waals surface area contributed by atoms with Crippen molar-refractivity contribution >= 4 is 17.7 Å². The molecule has 0 aliphatic carbocycles. The lowest BCUT2D eigenvalue weighted by Crippen LogP contribution is -2.65. The average molecular weight is 342 g/mol. The summed E-state index contributed by atoms with van der Waals surface area (Å²) in [4.78, 5) is 25.3. The number of hydrogen-bond donors (Lipinski definition) is 2. The van der Waals surface area contributed by atoms with Gasteiger partial charge in [-0.1, -0.05) is 12.1 Å². The summed E-state index contributed by atoms with van der Waals surface area (Å²) >= 11 is 0. The van der Waals surface area contributed by atoms with Crippen LogP contribution >= 0.6 is 0 Å². The molecule has 128 valence electrons. The Kier molecular flexibility index (Phi) is 3.21. The molecular formula is C18H15FN2O4. The smallest absolute Gasteiger partial charge is 0.335 e. The number of amides is 2. The summed E-state index contributed by atoms with van der Waals surface area (Å²) in [5.41, 5.74) is 0.146. The summed E-state index contributed by atoms with van der Waals surface area (Å²) in [6.07, 6.45) is 0.453. The van der Waals surface area contributed by atoms with Gasteiger partial charge in [0.1, 0.15) is 11.6 Å². The maximum atomic E-state index is 13.6. The molecule has 0 spiro atoms. The minimum atomic E-state index is -1.08. The van der Waals surface area contributed by atoms with Crippen molar-refractivity contribution < 1.29 is 23.8 Å². The first-order valence-electron chi connectivity index (χ1n) is 7.80. The molecule has 2 aromatic rings. The topological polar surface area (TPSA) is 78.9 Å². The number of anilines is 1. The fourth-order valence-electron chi connectivity index (χ4n) is 3.51. The van der Waals surface area contributed by atoms with Crippen molar-refractivity contribution in [2.75, 3.05) is 4.90 Å². The fraction of sp³-hybridized carbons (Fsp3) is 0.222. The number of carboxylic acid groups (broad SMARTS) is 1. The van der Waals surface area contributed by atoms with Gasteiger partial charge in [0.2, 0.25) is 0 Å². The largest absolute Gasteiger partial charge is 0.478 e. The summed E-state index contributed by atoms with van der Waals surface area (Å²) in [6, 6.07) is 9.62. The summed E-state index contributed by atoms with van der Waals surface area (Å²) in [6.45, 7) is 1.74. The first-order chi connectivity index (χ1) is 11.9. The zero-order valence-corrected chi connectivity index (χ0v) is 13.3. The Morgan fingerprint density at radius 2 is 2.16 bits per heavy atom. The molecule has 2 amide bonds. The molecule has 1 saturated heterocycles. The predicted molar refractivity (Wildman–Crippen MR) is 87.2 cm³/mol. The van der Waals surface area contributed by atoms with Crippen LogP contribution in [0.2, 0.25) is 0 Å². The highest BCUT2D eigenvalue weighted by atomic mass is 19.1. The zero-order valence-electron chi connectivity index (χ0n) is 13.3. The maximum Gasteiger partial charge on any atom is 0.335 e. The molecule has 4 rings (SSSR count). The van der Waals surface area contributed by atoms with Gasteiger partial charge in [-0.15, -0.1) is 0 Å². The molecule has 2 atom stereocenters. The van der Waals surface area contributed by atoms with Gasteiger partial charge in [0.25, 0.3) is 0 Å². The van der Waals surface area contributed by atoms with Gasteiger partial charge in [0.05, 0.1) is 17.3 Å². The number of benzene rings is 2. The molecule has 7 heteroatoms. The van der Waals surface area contributed by atoms with Gasteiger partial charge in [-0.05, 0) is 31.2 Å². The number of ether oxygens (including phenoxy) is 1. The van der Waals surface area contributed by atoms with Crippen molar-refractivity contribution in [3.8, 4) is 5.75 Å². The van der Waals surface area contributed by atoms with Crippen molar-refractivity contribution in [2.45, 2.75) is 25.1 Å². The van der Waals surface area contributed by atoms with E-state index in [0.717, 1.165) is 5.56 Å². The van der Waals surface area contributed by atoms with Gasteiger partial charge in [-0.2, -0.15) is 0 Å². The van der Waals surface area contributed by atoms with E-state index in [9.17, 15) is 19.1 Å². The second-order valence-corrected chi connectivity index (χ2v) is 6.36. The van der Waals surface area contributed by atoms with Crippen molar-refractivity contribution in [2.24, 2.45) is 0 Å². The normalized spacial score (nSPS) is 24.2. The molecule has 6 nitrogen and oxygen atoms in total. The fourth-order valence-corrected chi connectivity index (χ4v) is 3.51.